The lowest BCUT2D eigenvalue weighted by Gasteiger charge is -2.05. The number of hydrogen-bond donors (Lipinski definition) is 0. The van der Waals surface area contributed by atoms with Gasteiger partial charge in [-0.05, 0) is 12.0 Å². The van der Waals surface area contributed by atoms with E-state index in [0.717, 1.165) is 19.4 Å². The van der Waals surface area contributed by atoms with E-state index in [1.54, 1.807) is 12.1 Å². The van der Waals surface area contributed by atoms with Crippen LogP contribution in [0.2, 0.25) is 0 Å². The maximum Gasteiger partial charge on any atom is 0.168 e. The molecule has 0 N–H and O–H groups in total. The van der Waals surface area contributed by atoms with Gasteiger partial charge in [0.25, 0.3) is 0 Å². The molecule has 82 valence electrons. The quantitative estimate of drug-likeness (QED) is 0.710. The zero-order valence-corrected chi connectivity index (χ0v) is 9.17. The zero-order valence-electron chi connectivity index (χ0n) is 9.17. The molecule has 1 aromatic carbocycles. The maximum atomic E-state index is 10.9. The molecule has 0 fully saturated rings. The Morgan fingerprint density at radius 1 is 0.938 bits per heavy atom. The van der Waals surface area contributed by atoms with Crippen molar-refractivity contribution in [3.8, 4) is 5.75 Å². The lowest BCUT2D eigenvalue weighted by Crippen LogP contribution is -2.32. The second kappa shape index (κ2) is 5.31. The van der Waals surface area contributed by atoms with Crippen molar-refractivity contribution in [3.63, 3.8) is 0 Å². The third kappa shape index (κ3) is 3.09. The molecule has 2 heteroatoms. The molecule has 0 saturated heterocycles. The Morgan fingerprint density at radius 3 is 2.31 bits per heavy atom. The van der Waals surface area contributed by atoms with Gasteiger partial charge in [-0.2, -0.15) is 0 Å². The first-order valence-corrected chi connectivity index (χ1v) is 5.55. The van der Waals surface area contributed by atoms with Crippen molar-refractivity contribution >= 4 is 0 Å². The highest BCUT2D eigenvalue weighted by Crippen LogP contribution is 2.08. The van der Waals surface area contributed by atoms with Crippen LogP contribution in [0.15, 0.2) is 54.9 Å². The second-order valence-electron chi connectivity index (χ2n) is 3.86. The minimum absolute atomic E-state index is 0.0844. The fourth-order valence-corrected chi connectivity index (χ4v) is 1.71. The average molecular weight is 213 g/mol. The van der Waals surface area contributed by atoms with Crippen LogP contribution >= 0.6 is 0 Å². The van der Waals surface area contributed by atoms with Crippen molar-refractivity contribution in [2.24, 2.45) is 0 Å². The van der Waals surface area contributed by atoms with E-state index in [9.17, 15) is 5.11 Å². The van der Waals surface area contributed by atoms with Gasteiger partial charge >= 0.3 is 0 Å². The van der Waals surface area contributed by atoms with Gasteiger partial charge < -0.3 is 5.11 Å². The lowest BCUT2D eigenvalue weighted by atomic mass is 10.1. The number of aryl methyl sites for hydroxylation is 2. The van der Waals surface area contributed by atoms with Gasteiger partial charge in [0.15, 0.2) is 12.4 Å². The molecule has 1 aromatic heterocycles. The third-order valence-corrected chi connectivity index (χ3v) is 2.58. The first kappa shape index (κ1) is 10.7. The smallest absolute Gasteiger partial charge is 0.168 e. The van der Waals surface area contributed by atoms with Gasteiger partial charge in [-0.15, -0.1) is 5.75 Å². The van der Waals surface area contributed by atoms with Crippen LogP contribution in [0.4, 0.5) is 0 Å². The van der Waals surface area contributed by atoms with Crippen LogP contribution in [-0.4, -0.2) is 0 Å². The van der Waals surface area contributed by atoms with Crippen molar-refractivity contribution in [2.75, 3.05) is 0 Å². The zero-order chi connectivity index (χ0) is 11.2. The van der Waals surface area contributed by atoms with Gasteiger partial charge in [0, 0.05) is 18.6 Å². The normalized spacial score (nSPS) is 10.2. The number of rotatable bonds is 4. The van der Waals surface area contributed by atoms with Gasteiger partial charge in [0.05, 0.1) is 0 Å². The second-order valence-corrected chi connectivity index (χ2v) is 3.86. The maximum absolute atomic E-state index is 10.9. The number of aromatic nitrogens is 1. The molecule has 1 heterocycles. The van der Waals surface area contributed by atoms with E-state index in [4.69, 9.17) is 0 Å². The Hall–Kier alpha value is -1.83. The molecule has 0 aliphatic heterocycles. The Bertz CT molecular complexity index is 422. The Labute approximate surface area is 95.8 Å². The van der Waals surface area contributed by atoms with Crippen LogP contribution < -0.4 is 9.67 Å². The topological polar surface area (TPSA) is 26.9 Å². The van der Waals surface area contributed by atoms with E-state index in [1.165, 1.54) is 5.56 Å². The number of hydrogen-bond acceptors (Lipinski definition) is 1. The van der Waals surface area contributed by atoms with Crippen molar-refractivity contribution in [2.45, 2.75) is 19.4 Å². The lowest BCUT2D eigenvalue weighted by molar-refractivity contribution is -0.697. The van der Waals surface area contributed by atoms with Crippen LogP contribution in [-0.2, 0) is 13.0 Å². The summed E-state index contributed by atoms with van der Waals surface area (Å²) < 4.78 is 2.17. The summed E-state index contributed by atoms with van der Waals surface area (Å²) in [6.07, 6.45) is 6.25. The molecule has 2 aromatic rings. The summed E-state index contributed by atoms with van der Waals surface area (Å²) in [5.41, 5.74) is 1.23. The summed E-state index contributed by atoms with van der Waals surface area (Å²) in [7, 11) is 0. The van der Waals surface area contributed by atoms with Gasteiger partial charge in [-0.3, -0.25) is 0 Å². The van der Waals surface area contributed by atoms with Gasteiger partial charge in [0.2, 0.25) is 0 Å². The molecule has 0 aliphatic carbocycles. The van der Waals surface area contributed by atoms with Gasteiger partial charge in [-0.1, -0.05) is 30.3 Å². The van der Waals surface area contributed by atoms with Crippen molar-refractivity contribution in [1.29, 1.82) is 0 Å². The highest BCUT2D eigenvalue weighted by atomic mass is 16.3. The van der Waals surface area contributed by atoms with Crippen molar-refractivity contribution < 1.29 is 9.67 Å². The Balaban J connectivity index is 1.82. The molecule has 0 spiro atoms. The summed E-state index contributed by atoms with van der Waals surface area (Å²) in [6.45, 7) is 1.01. The van der Waals surface area contributed by atoms with Crippen molar-refractivity contribution in [1.82, 2.24) is 0 Å². The molecule has 2 nitrogen and oxygen atoms in total. The summed E-state index contributed by atoms with van der Waals surface area (Å²) in [5, 5.41) is 10.9. The molecule has 0 atom stereocenters. The Kier molecular flexibility index (Phi) is 3.54. The fourth-order valence-electron chi connectivity index (χ4n) is 1.71. The standard InChI is InChI=1S/C14H15NO/c16-14-8-6-13(7-9-14)5-4-12-15-10-2-1-3-11-15/h1-3,6-11H,4-5,12H2. The van der Waals surface area contributed by atoms with E-state index in [2.05, 4.69) is 17.0 Å². The van der Waals surface area contributed by atoms with Crippen LogP contribution in [0.1, 0.15) is 12.0 Å². The van der Waals surface area contributed by atoms with E-state index < -0.39 is 0 Å². The number of nitrogens with zero attached hydrogens (tertiary/aromatic N) is 1. The van der Waals surface area contributed by atoms with Crippen LogP contribution in [0.5, 0.6) is 5.75 Å². The van der Waals surface area contributed by atoms with E-state index in [0.29, 0.717) is 0 Å². The molecule has 2 rings (SSSR count). The molecule has 0 bridgehead atoms. The van der Waals surface area contributed by atoms with E-state index in [1.807, 2.05) is 30.3 Å². The molecular weight excluding hydrogens is 198 g/mol. The summed E-state index contributed by atoms with van der Waals surface area (Å²) in [5.74, 6) is 0.0844. The first-order chi connectivity index (χ1) is 7.84. The van der Waals surface area contributed by atoms with Crippen LogP contribution in [0.3, 0.4) is 0 Å². The van der Waals surface area contributed by atoms with Crippen molar-refractivity contribution in [3.05, 3.63) is 60.4 Å². The third-order valence-electron chi connectivity index (χ3n) is 2.58. The predicted molar refractivity (Wildman–Crippen MR) is 60.8 cm³/mol. The van der Waals surface area contributed by atoms with Gasteiger partial charge in [-0.25, -0.2) is 4.57 Å². The highest BCUT2D eigenvalue weighted by Gasteiger charge is 1.98. The predicted octanol–water partition coefficient (Wildman–Crippen LogP) is 1.68. The minimum Gasteiger partial charge on any atom is -0.872 e. The Morgan fingerprint density at radius 2 is 1.62 bits per heavy atom. The summed E-state index contributed by atoms with van der Waals surface area (Å²) in [4.78, 5) is 0. The van der Waals surface area contributed by atoms with Gasteiger partial charge in [0.1, 0.15) is 6.54 Å². The largest absolute Gasteiger partial charge is 0.872 e. The highest BCUT2D eigenvalue weighted by molar-refractivity contribution is 5.24. The monoisotopic (exact) mass is 213 g/mol. The number of benzene rings is 1. The number of pyridine rings is 1. The first-order valence-electron chi connectivity index (χ1n) is 5.55. The molecule has 16 heavy (non-hydrogen) atoms. The molecule has 0 aliphatic rings. The molecule has 0 saturated carbocycles. The average Bonchev–Trinajstić information content (AvgIpc) is 2.33. The SMILES string of the molecule is [O-]c1ccc(CCC[n+]2ccccc2)cc1. The molecular formula is C14H15NO. The van der Waals surface area contributed by atoms with Crippen LogP contribution in [0.25, 0.3) is 0 Å². The van der Waals surface area contributed by atoms with E-state index >= 15 is 0 Å². The molecule has 0 radical (unpaired) electrons. The van der Waals surface area contributed by atoms with E-state index in [-0.39, 0.29) is 5.75 Å². The molecule has 0 unspecified atom stereocenters. The fraction of sp³-hybridized carbons (Fsp3) is 0.214. The minimum atomic E-state index is 0.0844. The summed E-state index contributed by atoms with van der Waals surface area (Å²) >= 11 is 0. The molecule has 0 amide bonds. The summed E-state index contributed by atoms with van der Waals surface area (Å²) in [6, 6.07) is 13.2. The van der Waals surface area contributed by atoms with Crippen LogP contribution in [0, 0.1) is 0 Å².